The van der Waals surface area contributed by atoms with E-state index < -0.39 is 0 Å². The maximum atomic E-state index is 11.0. The predicted molar refractivity (Wildman–Crippen MR) is 106 cm³/mol. The summed E-state index contributed by atoms with van der Waals surface area (Å²) < 4.78 is 16.8. The normalized spacial score (nSPS) is 13.6. The minimum Gasteiger partial charge on any atom is -0.493 e. The number of aldehydes is 1. The highest BCUT2D eigenvalue weighted by Crippen LogP contribution is 2.33. The summed E-state index contributed by atoms with van der Waals surface area (Å²) in [4.78, 5) is 11.0. The van der Waals surface area contributed by atoms with Gasteiger partial charge in [0.1, 0.15) is 12.0 Å². The fourth-order valence-corrected chi connectivity index (χ4v) is 3.41. The van der Waals surface area contributed by atoms with Crippen LogP contribution in [0.3, 0.4) is 0 Å². The number of benzene rings is 2. The van der Waals surface area contributed by atoms with Crippen LogP contribution in [0.5, 0.6) is 17.2 Å². The van der Waals surface area contributed by atoms with Crippen LogP contribution in [0.2, 0.25) is 0 Å². The Morgan fingerprint density at radius 2 is 1.89 bits per heavy atom. The van der Waals surface area contributed by atoms with E-state index >= 15 is 0 Å². The minimum absolute atomic E-state index is 0.315. The van der Waals surface area contributed by atoms with E-state index in [0.717, 1.165) is 48.4 Å². The van der Waals surface area contributed by atoms with Crippen LogP contribution in [0, 0.1) is 5.92 Å². The SMILES string of the molecule is CC(CCCOc1cc(C=O)ccc1C(C)C)Cc1ccc2c(c1)OCO2. The predicted octanol–water partition coefficient (Wildman–Crippen LogP) is 5.39. The number of hydrogen-bond acceptors (Lipinski definition) is 4. The zero-order chi connectivity index (χ0) is 19.2. The van der Waals surface area contributed by atoms with Crippen molar-refractivity contribution < 1.29 is 19.0 Å². The van der Waals surface area contributed by atoms with Crippen molar-refractivity contribution >= 4 is 6.29 Å². The fraction of sp³-hybridized carbons (Fsp3) is 0.435. The highest BCUT2D eigenvalue weighted by Gasteiger charge is 2.14. The van der Waals surface area contributed by atoms with Gasteiger partial charge < -0.3 is 14.2 Å². The summed E-state index contributed by atoms with van der Waals surface area (Å²) in [6.45, 7) is 7.51. The molecular weight excluding hydrogens is 340 g/mol. The van der Waals surface area contributed by atoms with Crippen molar-refractivity contribution in [2.75, 3.05) is 13.4 Å². The van der Waals surface area contributed by atoms with Crippen molar-refractivity contribution in [3.63, 3.8) is 0 Å². The van der Waals surface area contributed by atoms with Gasteiger partial charge in [0.05, 0.1) is 6.61 Å². The van der Waals surface area contributed by atoms with E-state index in [0.29, 0.717) is 30.8 Å². The first kappa shape index (κ1) is 19.3. The molecule has 0 aliphatic carbocycles. The van der Waals surface area contributed by atoms with Crippen LogP contribution >= 0.6 is 0 Å². The quantitative estimate of drug-likeness (QED) is 0.440. The molecule has 144 valence electrons. The van der Waals surface area contributed by atoms with Gasteiger partial charge in [-0.3, -0.25) is 4.79 Å². The summed E-state index contributed by atoms with van der Waals surface area (Å²) in [5.74, 6) is 3.43. The van der Waals surface area contributed by atoms with Gasteiger partial charge in [-0.2, -0.15) is 0 Å². The Balaban J connectivity index is 1.48. The first-order chi connectivity index (χ1) is 13.1. The molecule has 0 saturated heterocycles. The molecule has 0 N–H and O–H groups in total. The van der Waals surface area contributed by atoms with Crippen LogP contribution in [0.25, 0.3) is 0 Å². The van der Waals surface area contributed by atoms with Crippen molar-refractivity contribution in [1.29, 1.82) is 0 Å². The third kappa shape index (κ3) is 5.03. The molecular formula is C23H28O4. The maximum absolute atomic E-state index is 11.0. The molecule has 27 heavy (non-hydrogen) atoms. The zero-order valence-electron chi connectivity index (χ0n) is 16.4. The van der Waals surface area contributed by atoms with Crippen molar-refractivity contribution in [2.45, 2.75) is 46.0 Å². The molecule has 0 saturated carbocycles. The van der Waals surface area contributed by atoms with Gasteiger partial charge in [-0.15, -0.1) is 0 Å². The molecule has 1 heterocycles. The minimum atomic E-state index is 0.315. The third-order valence-electron chi connectivity index (χ3n) is 4.92. The molecule has 0 radical (unpaired) electrons. The molecule has 4 nitrogen and oxygen atoms in total. The second-order valence-corrected chi connectivity index (χ2v) is 7.56. The Morgan fingerprint density at radius 1 is 1.07 bits per heavy atom. The van der Waals surface area contributed by atoms with Gasteiger partial charge in [-0.25, -0.2) is 0 Å². The summed E-state index contributed by atoms with van der Waals surface area (Å²) in [6.07, 6.45) is 3.94. The van der Waals surface area contributed by atoms with Crippen LogP contribution in [0.15, 0.2) is 36.4 Å². The summed E-state index contributed by atoms with van der Waals surface area (Å²) in [7, 11) is 0. The van der Waals surface area contributed by atoms with Gasteiger partial charge >= 0.3 is 0 Å². The van der Waals surface area contributed by atoms with E-state index in [4.69, 9.17) is 14.2 Å². The molecule has 0 bridgehead atoms. The van der Waals surface area contributed by atoms with Gasteiger partial charge in [0.25, 0.3) is 0 Å². The number of fused-ring (bicyclic) bond motifs is 1. The maximum Gasteiger partial charge on any atom is 0.231 e. The molecule has 1 atom stereocenters. The molecule has 0 aromatic heterocycles. The number of carbonyl (C=O) groups is 1. The second-order valence-electron chi connectivity index (χ2n) is 7.56. The summed E-state index contributed by atoms with van der Waals surface area (Å²) in [5, 5.41) is 0. The Bertz CT molecular complexity index is 782. The first-order valence-corrected chi connectivity index (χ1v) is 9.67. The molecule has 4 heteroatoms. The van der Waals surface area contributed by atoms with E-state index in [9.17, 15) is 4.79 Å². The fourth-order valence-electron chi connectivity index (χ4n) is 3.41. The summed E-state index contributed by atoms with van der Waals surface area (Å²) in [5.41, 5.74) is 3.08. The largest absolute Gasteiger partial charge is 0.493 e. The molecule has 2 aromatic rings. The molecule has 0 spiro atoms. The molecule has 0 fully saturated rings. The lowest BCUT2D eigenvalue weighted by Crippen LogP contribution is -2.06. The van der Waals surface area contributed by atoms with Gasteiger partial charge in [-0.1, -0.05) is 39.0 Å². The molecule has 1 unspecified atom stereocenters. The van der Waals surface area contributed by atoms with Gasteiger partial charge in [0, 0.05) is 5.56 Å². The topological polar surface area (TPSA) is 44.8 Å². The Labute approximate surface area is 161 Å². The second kappa shape index (κ2) is 8.94. The van der Waals surface area contributed by atoms with Crippen LogP contribution in [0.1, 0.15) is 61.0 Å². The van der Waals surface area contributed by atoms with Gasteiger partial charge in [0.15, 0.2) is 11.5 Å². The molecule has 1 aliphatic heterocycles. The van der Waals surface area contributed by atoms with Crippen molar-refractivity contribution in [1.82, 2.24) is 0 Å². The summed E-state index contributed by atoms with van der Waals surface area (Å²) >= 11 is 0. The van der Waals surface area contributed by atoms with Crippen LogP contribution in [-0.4, -0.2) is 19.7 Å². The van der Waals surface area contributed by atoms with Crippen LogP contribution in [-0.2, 0) is 6.42 Å². The monoisotopic (exact) mass is 368 g/mol. The number of hydrogen-bond donors (Lipinski definition) is 0. The first-order valence-electron chi connectivity index (χ1n) is 9.67. The van der Waals surface area contributed by atoms with Gasteiger partial charge in [-0.05, 0) is 60.4 Å². The standard InChI is InChI=1S/C23H28O4/c1-16(2)20-8-6-19(14-24)13-22(20)25-10-4-5-17(3)11-18-7-9-21-23(12-18)27-15-26-21/h6-9,12-14,16-17H,4-5,10-11,15H2,1-3H3. The lowest BCUT2D eigenvalue weighted by Gasteiger charge is -2.16. The molecule has 0 amide bonds. The van der Waals surface area contributed by atoms with Crippen LogP contribution in [0.4, 0.5) is 0 Å². The molecule has 2 aromatic carbocycles. The van der Waals surface area contributed by atoms with Crippen molar-refractivity contribution in [3.8, 4) is 17.2 Å². The van der Waals surface area contributed by atoms with E-state index in [1.54, 1.807) is 0 Å². The lowest BCUT2D eigenvalue weighted by molar-refractivity contribution is 0.112. The van der Waals surface area contributed by atoms with E-state index in [1.165, 1.54) is 5.56 Å². The highest BCUT2D eigenvalue weighted by atomic mass is 16.7. The highest BCUT2D eigenvalue weighted by molar-refractivity contribution is 5.76. The molecule has 3 rings (SSSR count). The Morgan fingerprint density at radius 3 is 2.67 bits per heavy atom. The lowest BCUT2D eigenvalue weighted by atomic mass is 9.96. The van der Waals surface area contributed by atoms with E-state index in [2.05, 4.69) is 32.9 Å². The average molecular weight is 368 g/mol. The smallest absolute Gasteiger partial charge is 0.231 e. The van der Waals surface area contributed by atoms with Crippen LogP contribution < -0.4 is 14.2 Å². The van der Waals surface area contributed by atoms with Crippen molar-refractivity contribution in [3.05, 3.63) is 53.1 Å². The number of rotatable bonds is 9. The summed E-state index contributed by atoms with van der Waals surface area (Å²) in [6, 6.07) is 11.9. The Hall–Kier alpha value is -2.49. The van der Waals surface area contributed by atoms with E-state index in [1.807, 2.05) is 24.3 Å². The Kier molecular flexibility index (Phi) is 6.38. The number of ether oxygens (including phenoxy) is 3. The number of carbonyl (C=O) groups excluding carboxylic acids is 1. The average Bonchev–Trinajstić information content (AvgIpc) is 3.12. The van der Waals surface area contributed by atoms with Gasteiger partial charge in [0.2, 0.25) is 6.79 Å². The zero-order valence-corrected chi connectivity index (χ0v) is 16.4. The third-order valence-corrected chi connectivity index (χ3v) is 4.92. The van der Waals surface area contributed by atoms with Crippen molar-refractivity contribution in [2.24, 2.45) is 5.92 Å². The van der Waals surface area contributed by atoms with E-state index in [-0.39, 0.29) is 0 Å². The molecule has 1 aliphatic rings.